The largest absolute Gasteiger partial charge is 0.455 e. The van der Waals surface area contributed by atoms with Crippen LogP contribution in [0.5, 0.6) is 0 Å². The smallest absolute Gasteiger partial charge is 0.144 e. The van der Waals surface area contributed by atoms with E-state index in [1.54, 1.807) is 6.07 Å². The third-order valence-corrected chi connectivity index (χ3v) is 4.55. The first-order chi connectivity index (χ1) is 12.3. The van der Waals surface area contributed by atoms with Gasteiger partial charge in [0.25, 0.3) is 0 Å². The van der Waals surface area contributed by atoms with Crippen LogP contribution < -0.4 is 0 Å². The summed E-state index contributed by atoms with van der Waals surface area (Å²) in [5, 5.41) is 13.4. The fourth-order valence-corrected chi connectivity index (χ4v) is 3.39. The molecule has 5 rings (SSSR count). The number of hydrogen-bond acceptors (Lipinski definition) is 3. The van der Waals surface area contributed by atoms with Gasteiger partial charge in [-0.25, -0.2) is 0 Å². The lowest BCUT2D eigenvalue weighted by molar-refractivity contribution is 0.670. The molecule has 0 aliphatic carbocycles. The van der Waals surface area contributed by atoms with Crippen LogP contribution in [-0.4, -0.2) is 4.98 Å². The Morgan fingerprint density at radius 1 is 0.840 bits per heavy atom. The van der Waals surface area contributed by atoms with Gasteiger partial charge in [0.15, 0.2) is 0 Å². The summed E-state index contributed by atoms with van der Waals surface area (Å²) in [5.74, 6) is 0. The van der Waals surface area contributed by atoms with Crippen molar-refractivity contribution < 1.29 is 4.42 Å². The first-order valence-corrected chi connectivity index (χ1v) is 8.05. The van der Waals surface area contributed by atoms with Gasteiger partial charge in [-0.15, -0.1) is 0 Å². The Balaban J connectivity index is 1.89. The number of nitrogens with zero attached hydrogens (tertiary/aromatic N) is 2. The Labute approximate surface area is 143 Å². The maximum Gasteiger partial charge on any atom is 0.144 e. The molecular weight excluding hydrogens is 308 g/mol. The monoisotopic (exact) mass is 320 g/mol. The van der Waals surface area contributed by atoms with E-state index in [1.807, 2.05) is 54.7 Å². The fourth-order valence-electron chi connectivity index (χ4n) is 3.39. The maximum atomic E-state index is 9.17. The molecule has 3 aromatic carbocycles. The SMILES string of the molecule is N#Cc1ccc2oc3c(-c4nccc5ccccc45)cccc3c2c1. The average molecular weight is 320 g/mol. The van der Waals surface area contributed by atoms with E-state index in [2.05, 4.69) is 23.2 Å². The molecule has 116 valence electrons. The number of furan rings is 1. The minimum atomic E-state index is 0.629. The highest BCUT2D eigenvalue weighted by molar-refractivity contribution is 6.11. The number of hydrogen-bond donors (Lipinski definition) is 0. The van der Waals surface area contributed by atoms with Gasteiger partial charge >= 0.3 is 0 Å². The van der Waals surface area contributed by atoms with Gasteiger partial charge in [0.05, 0.1) is 17.3 Å². The molecule has 2 aromatic heterocycles. The molecule has 0 unspecified atom stereocenters. The van der Waals surface area contributed by atoms with Gasteiger partial charge in [-0.05, 0) is 35.7 Å². The highest BCUT2D eigenvalue weighted by Crippen LogP contribution is 2.37. The maximum absolute atomic E-state index is 9.17. The van der Waals surface area contributed by atoms with E-state index in [1.165, 1.54) is 0 Å². The van der Waals surface area contributed by atoms with Gasteiger partial charge in [-0.1, -0.05) is 36.4 Å². The Hall–Kier alpha value is -3.64. The standard InChI is InChI=1S/C22H12N2O/c23-13-14-8-9-20-19(12-14)17-6-3-7-18(22(17)25-20)21-16-5-2-1-4-15(16)10-11-24-21/h1-12H. The molecule has 0 amide bonds. The third kappa shape index (κ3) is 2.02. The summed E-state index contributed by atoms with van der Waals surface area (Å²) < 4.78 is 6.14. The van der Waals surface area contributed by atoms with E-state index in [9.17, 15) is 0 Å². The van der Waals surface area contributed by atoms with Crippen LogP contribution in [-0.2, 0) is 0 Å². The number of para-hydroxylation sites is 1. The number of nitriles is 1. The van der Waals surface area contributed by atoms with Crippen LogP contribution in [0, 0.1) is 11.3 Å². The summed E-state index contributed by atoms with van der Waals surface area (Å²) >= 11 is 0. The number of aromatic nitrogens is 1. The minimum absolute atomic E-state index is 0.629. The molecule has 0 N–H and O–H groups in total. The van der Waals surface area contributed by atoms with Crippen molar-refractivity contribution in [3.05, 3.63) is 78.5 Å². The van der Waals surface area contributed by atoms with Crippen molar-refractivity contribution in [1.82, 2.24) is 4.98 Å². The lowest BCUT2D eigenvalue weighted by atomic mass is 10.0. The second-order valence-corrected chi connectivity index (χ2v) is 5.99. The van der Waals surface area contributed by atoms with Gasteiger partial charge in [-0.2, -0.15) is 5.26 Å². The zero-order valence-corrected chi connectivity index (χ0v) is 13.2. The van der Waals surface area contributed by atoms with Crippen molar-refractivity contribution >= 4 is 32.7 Å². The normalized spacial score (nSPS) is 11.2. The molecule has 3 heteroatoms. The van der Waals surface area contributed by atoms with E-state index in [0.717, 1.165) is 44.0 Å². The van der Waals surface area contributed by atoms with Gasteiger partial charge < -0.3 is 4.42 Å². The summed E-state index contributed by atoms with van der Waals surface area (Å²) in [6.45, 7) is 0. The highest BCUT2D eigenvalue weighted by Gasteiger charge is 2.15. The first-order valence-electron chi connectivity index (χ1n) is 8.05. The lowest BCUT2D eigenvalue weighted by Gasteiger charge is -2.06. The van der Waals surface area contributed by atoms with Crippen LogP contribution >= 0.6 is 0 Å². The van der Waals surface area contributed by atoms with Crippen LogP contribution in [0.15, 0.2) is 77.3 Å². The third-order valence-electron chi connectivity index (χ3n) is 4.55. The van der Waals surface area contributed by atoms with Gasteiger partial charge in [0.1, 0.15) is 11.2 Å². The van der Waals surface area contributed by atoms with E-state index in [-0.39, 0.29) is 0 Å². The zero-order valence-electron chi connectivity index (χ0n) is 13.2. The Bertz CT molecular complexity index is 1300. The number of fused-ring (bicyclic) bond motifs is 4. The van der Waals surface area contributed by atoms with E-state index >= 15 is 0 Å². The average Bonchev–Trinajstić information content (AvgIpc) is 3.05. The summed E-state index contributed by atoms with van der Waals surface area (Å²) in [6, 6.07) is 24.0. The van der Waals surface area contributed by atoms with Crippen molar-refractivity contribution in [2.45, 2.75) is 0 Å². The highest BCUT2D eigenvalue weighted by atomic mass is 16.3. The van der Waals surface area contributed by atoms with Crippen LogP contribution in [0.25, 0.3) is 44.0 Å². The molecule has 3 nitrogen and oxygen atoms in total. The van der Waals surface area contributed by atoms with E-state index in [0.29, 0.717) is 5.56 Å². The molecule has 0 saturated heterocycles. The van der Waals surface area contributed by atoms with Crippen molar-refractivity contribution in [2.24, 2.45) is 0 Å². The second-order valence-electron chi connectivity index (χ2n) is 5.99. The number of benzene rings is 3. The summed E-state index contributed by atoms with van der Waals surface area (Å²) in [7, 11) is 0. The second kappa shape index (κ2) is 5.19. The fraction of sp³-hybridized carbons (Fsp3) is 0. The lowest BCUT2D eigenvalue weighted by Crippen LogP contribution is -1.86. The predicted molar refractivity (Wildman–Crippen MR) is 99.2 cm³/mol. The molecule has 0 atom stereocenters. The molecule has 5 aromatic rings. The molecule has 0 radical (unpaired) electrons. The van der Waals surface area contributed by atoms with Gasteiger partial charge in [0, 0.05) is 27.9 Å². The molecule has 0 fully saturated rings. The molecule has 25 heavy (non-hydrogen) atoms. The van der Waals surface area contributed by atoms with Crippen molar-refractivity contribution in [3.8, 4) is 17.3 Å². The number of rotatable bonds is 1. The summed E-state index contributed by atoms with van der Waals surface area (Å²) in [6.07, 6.45) is 1.83. The Morgan fingerprint density at radius 2 is 1.72 bits per heavy atom. The van der Waals surface area contributed by atoms with Crippen molar-refractivity contribution in [3.63, 3.8) is 0 Å². The zero-order chi connectivity index (χ0) is 16.8. The van der Waals surface area contributed by atoms with Crippen LogP contribution in [0.1, 0.15) is 5.56 Å². The quantitative estimate of drug-likeness (QED) is 0.399. The molecule has 0 spiro atoms. The predicted octanol–water partition coefficient (Wildman–Crippen LogP) is 5.67. The number of pyridine rings is 1. The van der Waals surface area contributed by atoms with Crippen molar-refractivity contribution in [1.29, 1.82) is 5.26 Å². The molecular formula is C22H12N2O. The summed E-state index contributed by atoms with van der Waals surface area (Å²) in [5.41, 5.74) is 4.08. The van der Waals surface area contributed by atoms with Crippen LogP contribution in [0.4, 0.5) is 0 Å². The molecule has 0 aliphatic rings. The molecule has 0 bridgehead atoms. The Morgan fingerprint density at radius 3 is 2.64 bits per heavy atom. The van der Waals surface area contributed by atoms with Crippen LogP contribution in [0.3, 0.4) is 0 Å². The molecule has 0 saturated carbocycles. The van der Waals surface area contributed by atoms with E-state index in [4.69, 9.17) is 9.68 Å². The Kier molecular flexibility index (Phi) is 2.86. The summed E-state index contributed by atoms with van der Waals surface area (Å²) in [4.78, 5) is 4.62. The van der Waals surface area contributed by atoms with Crippen molar-refractivity contribution in [2.75, 3.05) is 0 Å². The first kappa shape index (κ1) is 13.8. The van der Waals surface area contributed by atoms with Gasteiger partial charge in [-0.3, -0.25) is 4.98 Å². The van der Waals surface area contributed by atoms with Gasteiger partial charge in [0.2, 0.25) is 0 Å². The molecule has 0 aliphatic heterocycles. The van der Waals surface area contributed by atoms with Crippen LogP contribution in [0.2, 0.25) is 0 Å². The van der Waals surface area contributed by atoms with E-state index < -0.39 is 0 Å². The molecule has 2 heterocycles. The topological polar surface area (TPSA) is 49.8 Å². The minimum Gasteiger partial charge on any atom is -0.455 e.